The molecular weight excluding hydrogens is 421 g/mol. The van der Waals surface area contributed by atoms with E-state index in [1.165, 1.54) is 47.9 Å². The Bertz CT molecular complexity index is 1070. The van der Waals surface area contributed by atoms with Crippen LogP contribution in [0.1, 0.15) is 28.2 Å². The van der Waals surface area contributed by atoms with Gasteiger partial charge < -0.3 is 9.80 Å². The Morgan fingerprint density at radius 1 is 1.06 bits per heavy atom. The number of nitro benzene ring substituents is 1. The minimum absolute atomic E-state index is 0.0358. The number of carbonyl (C=O) groups excluding carboxylic acids is 1. The predicted octanol–water partition coefficient (Wildman–Crippen LogP) is 3.53. The average Bonchev–Trinajstić information content (AvgIpc) is 3.09. The third kappa shape index (κ3) is 5.02. The number of nitro groups is 1. The standard InChI is InChI=1S/C21H20FN5O3S/c22-17-6-2-15(3-7-17)14-19-23-21(31-24-19)26-11-1-10-25(12-13-26)20(28)16-4-8-18(9-5-16)27(29)30/h2-9H,1,10-14H2. The zero-order valence-corrected chi connectivity index (χ0v) is 17.4. The fourth-order valence-electron chi connectivity index (χ4n) is 3.45. The van der Waals surface area contributed by atoms with Gasteiger partial charge in [-0.3, -0.25) is 14.9 Å². The Morgan fingerprint density at radius 3 is 2.52 bits per heavy atom. The first-order valence-corrected chi connectivity index (χ1v) is 10.6. The maximum atomic E-state index is 13.1. The second-order valence-electron chi connectivity index (χ2n) is 7.23. The minimum Gasteiger partial charge on any atom is -0.345 e. The van der Waals surface area contributed by atoms with Crippen molar-refractivity contribution in [2.75, 3.05) is 31.1 Å². The largest absolute Gasteiger partial charge is 0.345 e. The van der Waals surface area contributed by atoms with E-state index < -0.39 is 4.92 Å². The number of halogens is 1. The lowest BCUT2D eigenvalue weighted by Crippen LogP contribution is -2.35. The molecular formula is C21H20FN5O3S. The van der Waals surface area contributed by atoms with E-state index in [0.29, 0.717) is 37.4 Å². The minimum atomic E-state index is -0.482. The Balaban J connectivity index is 1.37. The molecule has 1 saturated heterocycles. The highest BCUT2D eigenvalue weighted by Crippen LogP contribution is 2.21. The molecule has 1 aliphatic rings. The highest BCUT2D eigenvalue weighted by atomic mass is 32.1. The molecule has 3 aromatic rings. The summed E-state index contributed by atoms with van der Waals surface area (Å²) in [6.45, 7) is 2.52. The number of hydrogen-bond acceptors (Lipinski definition) is 7. The van der Waals surface area contributed by atoms with Crippen LogP contribution in [0.5, 0.6) is 0 Å². The van der Waals surface area contributed by atoms with Crippen LogP contribution >= 0.6 is 11.5 Å². The van der Waals surface area contributed by atoms with Gasteiger partial charge in [0.2, 0.25) is 5.13 Å². The lowest BCUT2D eigenvalue weighted by Gasteiger charge is -2.21. The van der Waals surface area contributed by atoms with E-state index in [2.05, 4.69) is 14.3 Å². The van der Waals surface area contributed by atoms with Gasteiger partial charge in [0.25, 0.3) is 11.6 Å². The van der Waals surface area contributed by atoms with Crippen molar-refractivity contribution in [2.24, 2.45) is 0 Å². The van der Waals surface area contributed by atoms with Crippen LogP contribution in [-0.2, 0) is 6.42 Å². The molecule has 2 aromatic carbocycles. The van der Waals surface area contributed by atoms with E-state index in [4.69, 9.17) is 0 Å². The summed E-state index contributed by atoms with van der Waals surface area (Å²) in [5.74, 6) is 0.286. The fraction of sp³-hybridized carbons (Fsp3) is 0.286. The van der Waals surface area contributed by atoms with Gasteiger partial charge in [-0.2, -0.15) is 4.37 Å². The third-order valence-electron chi connectivity index (χ3n) is 5.11. The molecule has 0 radical (unpaired) electrons. The number of benzene rings is 2. The van der Waals surface area contributed by atoms with Crippen LogP contribution in [0.25, 0.3) is 0 Å². The molecule has 1 aromatic heterocycles. The van der Waals surface area contributed by atoms with E-state index in [1.807, 2.05) is 0 Å². The summed E-state index contributed by atoms with van der Waals surface area (Å²) in [7, 11) is 0. The monoisotopic (exact) mass is 441 g/mol. The maximum Gasteiger partial charge on any atom is 0.269 e. The highest BCUT2D eigenvalue weighted by molar-refractivity contribution is 7.09. The van der Waals surface area contributed by atoms with Crippen molar-refractivity contribution in [1.82, 2.24) is 14.3 Å². The summed E-state index contributed by atoms with van der Waals surface area (Å²) in [5.41, 5.74) is 1.35. The molecule has 2 heterocycles. The smallest absolute Gasteiger partial charge is 0.269 e. The van der Waals surface area contributed by atoms with E-state index in [0.717, 1.165) is 23.7 Å². The topological polar surface area (TPSA) is 92.5 Å². The molecule has 31 heavy (non-hydrogen) atoms. The molecule has 160 valence electrons. The van der Waals surface area contributed by atoms with Crippen LogP contribution < -0.4 is 4.90 Å². The van der Waals surface area contributed by atoms with Gasteiger partial charge in [0.05, 0.1) is 4.92 Å². The molecule has 0 unspecified atom stereocenters. The van der Waals surface area contributed by atoms with Gasteiger partial charge in [-0.15, -0.1) is 0 Å². The molecule has 4 rings (SSSR count). The molecule has 0 aliphatic carbocycles. The number of rotatable bonds is 5. The average molecular weight is 441 g/mol. The highest BCUT2D eigenvalue weighted by Gasteiger charge is 2.22. The molecule has 0 N–H and O–H groups in total. The van der Waals surface area contributed by atoms with Gasteiger partial charge >= 0.3 is 0 Å². The molecule has 0 spiro atoms. The second-order valence-corrected chi connectivity index (χ2v) is 7.96. The number of nitrogens with zero attached hydrogens (tertiary/aromatic N) is 5. The summed E-state index contributed by atoms with van der Waals surface area (Å²) in [6.07, 6.45) is 1.32. The lowest BCUT2D eigenvalue weighted by molar-refractivity contribution is -0.384. The van der Waals surface area contributed by atoms with Crippen LogP contribution in [-0.4, -0.2) is 51.3 Å². The summed E-state index contributed by atoms with van der Waals surface area (Å²) < 4.78 is 17.5. The molecule has 1 aliphatic heterocycles. The number of non-ortho nitro benzene ring substituents is 1. The SMILES string of the molecule is O=C(c1ccc([N+](=O)[O-])cc1)N1CCCN(c2nc(Cc3ccc(F)cc3)ns2)CC1. The fourth-order valence-corrected chi connectivity index (χ4v) is 4.19. The van der Waals surface area contributed by atoms with E-state index in [1.54, 1.807) is 17.0 Å². The Kier molecular flexibility index (Phi) is 6.17. The first-order valence-electron chi connectivity index (χ1n) is 9.85. The quantitative estimate of drug-likeness (QED) is 0.444. The molecule has 0 atom stereocenters. The van der Waals surface area contributed by atoms with Crippen molar-refractivity contribution in [1.29, 1.82) is 0 Å². The number of anilines is 1. The zero-order chi connectivity index (χ0) is 21.8. The first-order chi connectivity index (χ1) is 15.0. The van der Waals surface area contributed by atoms with Gasteiger partial charge in [-0.1, -0.05) is 12.1 Å². The number of carbonyl (C=O) groups is 1. The van der Waals surface area contributed by atoms with Crippen molar-refractivity contribution in [3.05, 3.63) is 81.4 Å². The van der Waals surface area contributed by atoms with Crippen molar-refractivity contribution >= 4 is 28.3 Å². The lowest BCUT2D eigenvalue weighted by atomic mass is 10.1. The summed E-state index contributed by atoms with van der Waals surface area (Å²) in [4.78, 5) is 31.6. The van der Waals surface area contributed by atoms with E-state index in [-0.39, 0.29) is 17.4 Å². The van der Waals surface area contributed by atoms with Gasteiger partial charge in [-0.05, 0) is 36.2 Å². The summed E-state index contributed by atoms with van der Waals surface area (Å²) in [6, 6.07) is 12.0. The molecule has 0 bridgehead atoms. The predicted molar refractivity (Wildman–Crippen MR) is 115 cm³/mol. The maximum absolute atomic E-state index is 13.1. The zero-order valence-electron chi connectivity index (χ0n) is 16.6. The van der Waals surface area contributed by atoms with Crippen molar-refractivity contribution in [3.8, 4) is 0 Å². The molecule has 1 amide bonds. The van der Waals surface area contributed by atoms with Crippen molar-refractivity contribution < 1.29 is 14.1 Å². The molecule has 10 heteroatoms. The normalized spacial score (nSPS) is 14.4. The van der Waals surface area contributed by atoms with E-state index >= 15 is 0 Å². The van der Waals surface area contributed by atoms with Crippen LogP contribution in [0, 0.1) is 15.9 Å². The number of aromatic nitrogens is 2. The molecule has 1 fully saturated rings. The Labute approximate surface area is 182 Å². The van der Waals surface area contributed by atoms with Crippen molar-refractivity contribution in [2.45, 2.75) is 12.8 Å². The van der Waals surface area contributed by atoms with Gasteiger partial charge in [-0.25, -0.2) is 9.37 Å². The van der Waals surface area contributed by atoms with Crippen molar-refractivity contribution in [3.63, 3.8) is 0 Å². The number of amides is 1. The van der Waals surface area contributed by atoms with Crippen LogP contribution in [0.3, 0.4) is 0 Å². The van der Waals surface area contributed by atoms with Gasteiger partial charge in [0.15, 0.2) is 0 Å². The molecule has 8 nitrogen and oxygen atoms in total. The Morgan fingerprint density at radius 2 is 1.81 bits per heavy atom. The van der Waals surface area contributed by atoms with Gasteiger partial charge in [0, 0.05) is 61.8 Å². The van der Waals surface area contributed by atoms with E-state index in [9.17, 15) is 19.3 Å². The van der Waals surface area contributed by atoms with Crippen LogP contribution in [0.2, 0.25) is 0 Å². The third-order valence-corrected chi connectivity index (χ3v) is 5.93. The second kappa shape index (κ2) is 9.17. The Hall–Kier alpha value is -3.40. The van der Waals surface area contributed by atoms with Crippen LogP contribution in [0.4, 0.5) is 15.2 Å². The summed E-state index contributed by atoms with van der Waals surface area (Å²) in [5, 5.41) is 11.6. The van der Waals surface area contributed by atoms with Gasteiger partial charge in [0.1, 0.15) is 11.6 Å². The van der Waals surface area contributed by atoms with Crippen LogP contribution in [0.15, 0.2) is 48.5 Å². The molecule has 0 saturated carbocycles. The summed E-state index contributed by atoms with van der Waals surface area (Å²) >= 11 is 1.32. The number of hydrogen-bond donors (Lipinski definition) is 0. The first kappa shape index (κ1) is 20.9.